The van der Waals surface area contributed by atoms with Crippen LogP contribution in [0.2, 0.25) is 0 Å². The van der Waals surface area contributed by atoms with E-state index in [1.54, 1.807) is 0 Å². The molecule has 0 aromatic rings. The van der Waals surface area contributed by atoms with Gasteiger partial charge in [-0.2, -0.15) is 0 Å². The van der Waals surface area contributed by atoms with Crippen LogP contribution >= 0.6 is 0 Å². The average Bonchev–Trinajstić information content (AvgIpc) is 2.34. The normalized spacial score (nSPS) is 37.9. The van der Waals surface area contributed by atoms with Gasteiger partial charge in [0.1, 0.15) is 0 Å². The van der Waals surface area contributed by atoms with Gasteiger partial charge in [-0.1, -0.05) is 6.92 Å². The molecule has 66 valence electrons. The molecule has 0 radical (unpaired) electrons. The summed E-state index contributed by atoms with van der Waals surface area (Å²) < 4.78 is 5.68. The lowest BCUT2D eigenvalue weighted by molar-refractivity contribution is -0.0290. The molecule has 11 heavy (non-hydrogen) atoms. The minimum atomic E-state index is 0.0359. The van der Waals surface area contributed by atoms with Crippen LogP contribution in [0.25, 0.3) is 0 Å². The van der Waals surface area contributed by atoms with E-state index in [0.29, 0.717) is 6.54 Å². The second-order valence-electron chi connectivity index (χ2n) is 3.67. The van der Waals surface area contributed by atoms with Gasteiger partial charge in [-0.05, 0) is 32.1 Å². The predicted octanol–water partition coefficient (Wildman–Crippen LogP) is 1.54. The maximum atomic E-state index is 5.69. The molecule has 0 aliphatic heterocycles. The Morgan fingerprint density at radius 1 is 1.64 bits per heavy atom. The van der Waals surface area contributed by atoms with Gasteiger partial charge in [-0.25, -0.2) is 0 Å². The van der Waals surface area contributed by atoms with Crippen molar-refractivity contribution in [3.05, 3.63) is 0 Å². The molecule has 2 nitrogen and oxygen atoms in total. The first-order valence-corrected chi connectivity index (χ1v) is 4.56. The van der Waals surface area contributed by atoms with Gasteiger partial charge in [0.25, 0.3) is 0 Å². The predicted molar refractivity (Wildman–Crippen MR) is 46.4 cm³/mol. The lowest BCUT2D eigenvalue weighted by Gasteiger charge is -2.27. The summed E-state index contributed by atoms with van der Waals surface area (Å²) in [6, 6.07) is 0. The standard InChI is InChI=1S/C9H19NO/c1-3-11-9(7-10)5-4-8(2)6-9/h8H,3-7,10H2,1-2H3. The van der Waals surface area contributed by atoms with E-state index in [4.69, 9.17) is 10.5 Å². The van der Waals surface area contributed by atoms with Crippen molar-refractivity contribution in [1.82, 2.24) is 0 Å². The molecule has 0 bridgehead atoms. The highest BCUT2D eigenvalue weighted by atomic mass is 16.5. The zero-order chi connectivity index (χ0) is 8.32. The van der Waals surface area contributed by atoms with E-state index < -0.39 is 0 Å². The summed E-state index contributed by atoms with van der Waals surface area (Å²) in [5.41, 5.74) is 5.73. The summed E-state index contributed by atoms with van der Waals surface area (Å²) >= 11 is 0. The first-order chi connectivity index (χ1) is 5.22. The Morgan fingerprint density at radius 3 is 2.73 bits per heavy atom. The van der Waals surface area contributed by atoms with Crippen LogP contribution in [0.5, 0.6) is 0 Å². The fraction of sp³-hybridized carbons (Fsp3) is 1.00. The summed E-state index contributed by atoms with van der Waals surface area (Å²) in [7, 11) is 0. The number of ether oxygens (including phenoxy) is 1. The minimum absolute atomic E-state index is 0.0359. The summed E-state index contributed by atoms with van der Waals surface area (Å²) in [5, 5.41) is 0. The largest absolute Gasteiger partial charge is 0.374 e. The molecule has 0 amide bonds. The van der Waals surface area contributed by atoms with Crippen molar-refractivity contribution in [2.45, 2.75) is 38.7 Å². The van der Waals surface area contributed by atoms with Crippen LogP contribution in [-0.2, 0) is 4.74 Å². The Hall–Kier alpha value is -0.0800. The SMILES string of the molecule is CCOC1(CN)CCC(C)C1. The molecule has 1 saturated carbocycles. The van der Waals surface area contributed by atoms with Crippen molar-refractivity contribution in [2.75, 3.05) is 13.2 Å². The van der Waals surface area contributed by atoms with E-state index in [-0.39, 0.29) is 5.60 Å². The van der Waals surface area contributed by atoms with Crippen molar-refractivity contribution >= 4 is 0 Å². The van der Waals surface area contributed by atoms with Crippen LogP contribution in [0.3, 0.4) is 0 Å². The maximum absolute atomic E-state index is 5.69. The van der Waals surface area contributed by atoms with Crippen LogP contribution in [0.15, 0.2) is 0 Å². The number of hydrogen-bond donors (Lipinski definition) is 1. The molecule has 2 heteroatoms. The molecule has 0 saturated heterocycles. The second-order valence-corrected chi connectivity index (χ2v) is 3.67. The van der Waals surface area contributed by atoms with E-state index in [1.807, 2.05) is 6.92 Å². The smallest absolute Gasteiger partial charge is 0.0806 e. The van der Waals surface area contributed by atoms with Crippen molar-refractivity contribution in [3.63, 3.8) is 0 Å². The molecule has 1 fully saturated rings. The van der Waals surface area contributed by atoms with Gasteiger partial charge in [0, 0.05) is 13.2 Å². The average molecular weight is 157 g/mol. The van der Waals surface area contributed by atoms with Crippen LogP contribution in [-0.4, -0.2) is 18.8 Å². The summed E-state index contributed by atoms with van der Waals surface area (Å²) in [6.07, 6.45) is 3.58. The summed E-state index contributed by atoms with van der Waals surface area (Å²) in [6.45, 7) is 5.80. The van der Waals surface area contributed by atoms with Gasteiger partial charge < -0.3 is 10.5 Å². The van der Waals surface area contributed by atoms with Crippen molar-refractivity contribution in [2.24, 2.45) is 11.7 Å². The molecule has 1 aliphatic carbocycles. The van der Waals surface area contributed by atoms with Gasteiger partial charge >= 0.3 is 0 Å². The molecule has 0 heterocycles. The highest BCUT2D eigenvalue weighted by Crippen LogP contribution is 2.36. The molecule has 2 atom stereocenters. The van der Waals surface area contributed by atoms with Gasteiger partial charge in [0.15, 0.2) is 0 Å². The molecule has 1 rings (SSSR count). The van der Waals surface area contributed by atoms with E-state index >= 15 is 0 Å². The first-order valence-electron chi connectivity index (χ1n) is 4.56. The Labute approximate surface area is 69.1 Å². The van der Waals surface area contributed by atoms with E-state index in [1.165, 1.54) is 6.42 Å². The van der Waals surface area contributed by atoms with Crippen LogP contribution in [0.4, 0.5) is 0 Å². The topological polar surface area (TPSA) is 35.2 Å². The van der Waals surface area contributed by atoms with Crippen LogP contribution in [0, 0.1) is 5.92 Å². The summed E-state index contributed by atoms with van der Waals surface area (Å²) in [5.74, 6) is 0.796. The van der Waals surface area contributed by atoms with Crippen molar-refractivity contribution in [3.8, 4) is 0 Å². The Morgan fingerprint density at radius 2 is 2.36 bits per heavy atom. The van der Waals surface area contributed by atoms with Gasteiger partial charge in [0.2, 0.25) is 0 Å². The molecule has 2 unspecified atom stereocenters. The second kappa shape index (κ2) is 3.55. The van der Waals surface area contributed by atoms with Gasteiger partial charge in [-0.3, -0.25) is 0 Å². The molecule has 0 spiro atoms. The van der Waals surface area contributed by atoms with Crippen LogP contribution in [0.1, 0.15) is 33.1 Å². The summed E-state index contributed by atoms with van der Waals surface area (Å²) in [4.78, 5) is 0. The highest BCUT2D eigenvalue weighted by molar-refractivity contribution is 4.90. The van der Waals surface area contributed by atoms with Crippen molar-refractivity contribution in [1.29, 1.82) is 0 Å². The zero-order valence-corrected chi connectivity index (χ0v) is 7.60. The third-order valence-corrected chi connectivity index (χ3v) is 2.64. The van der Waals surface area contributed by atoms with E-state index in [2.05, 4.69) is 6.92 Å². The van der Waals surface area contributed by atoms with E-state index in [0.717, 1.165) is 25.4 Å². The molecular weight excluding hydrogens is 138 g/mol. The van der Waals surface area contributed by atoms with Gasteiger partial charge in [0.05, 0.1) is 5.60 Å². The third kappa shape index (κ3) is 1.94. The lowest BCUT2D eigenvalue weighted by atomic mass is 10.0. The Bertz CT molecular complexity index is 123. The number of nitrogens with two attached hydrogens (primary N) is 1. The minimum Gasteiger partial charge on any atom is -0.374 e. The lowest BCUT2D eigenvalue weighted by Crippen LogP contribution is -2.38. The maximum Gasteiger partial charge on any atom is 0.0806 e. The molecule has 1 aliphatic rings. The third-order valence-electron chi connectivity index (χ3n) is 2.64. The number of hydrogen-bond acceptors (Lipinski definition) is 2. The van der Waals surface area contributed by atoms with Crippen molar-refractivity contribution < 1.29 is 4.74 Å². The fourth-order valence-electron chi connectivity index (χ4n) is 2.03. The Kier molecular flexibility index (Phi) is 2.90. The number of rotatable bonds is 3. The first kappa shape index (κ1) is 9.01. The molecule has 0 aromatic carbocycles. The zero-order valence-electron chi connectivity index (χ0n) is 7.60. The Balaban J connectivity index is 2.48. The van der Waals surface area contributed by atoms with E-state index in [9.17, 15) is 0 Å². The molecule has 2 N–H and O–H groups in total. The fourth-order valence-corrected chi connectivity index (χ4v) is 2.03. The monoisotopic (exact) mass is 157 g/mol. The molecule has 0 aromatic heterocycles. The quantitative estimate of drug-likeness (QED) is 0.674. The van der Waals surface area contributed by atoms with Crippen LogP contribution < -0.4 is 5.73 Å². The van der Waals surface area contributed by atoms with Gasteiger partial charge in [-0.15, -0.1) is 0 Å². The molecular formula is C9H19NO. The highest BCUT2D eigenvalue weighted by Gasteiger charge is 2.36.